The SMILES string of the molecule is Cc1ccc(-c2ccncc2)cc1N(CC(=O)NCCNC(C)C)CC(=O)N(C)N1Cc2ccccc2C1.Cl.Cl.Cl. The van der Waals surface area contributed by atoms with Gasteiger partial charge < -0.3 is 15.5 Å². The quantitative estimate of drug-likeness (QED) is 0.303. The molecule has 2 heterocycles. The Labute approximate surface area is 262 Å². The van der Waals surface area contributed by atoms with E-state index in [1.165, 1.54) is 11.1 Å². The Bertz CT molecular complexity index is 1240. The molecule has 1 aliphatic rings. The number of carbonyl (C=O) groups is 2. The lowest BCUT2D eigenvalue weighted by atomic mass is 10.0. The molecule has 2 N–H and O–H groups in total. The number of carbonyl (C=O) groups excluding carboxylic acids is 2. The Morgan fingerprint density at radius 1 is 0.902 bits per heavy atom. The van der Waals surface area contributed by atoms with Crippen molar-refractivity contribution in [1.29, 1.82) is 0 Å². The Balaban J connectivity index is 0.00000280. The lowest BCUT2D eigenvalue weighted by molar-refractivity contribution is -0.145. The molecule has 0 atom stereocenters. The molecule has 0 unspecified atom stereocenters. The van der Waals surface area contributed by atoms with E-state index in [4.69, 9.17) is 0 Å². The summed E-state index contributed by atoms with van der Waals surface area (Å²) in [6.45, 7) is 8.93. The number of likely N-dealkylation sites (N-methyl/N-ethyl adjacent to an activating group) is 1. The molecule has 11 heteroatoms. The number of rotatable bonds is 11. The fraction of sp³-hybridized carbons (Fsp3) is 0.367. The number of nitrogens with zero attached hydrogens (tertiary/aromatic N) is 4. The van der Waals surface area contributed by atoms with Crippen molar-refractivity contribution in [3.63, 3.8) is 0 Å². The highest BCUT2D eigenvalue weighted by atomic mass is 35.5. The van der Waals surface area contributed by atoms with E-state index >= 15 is 0 Å². The van der Waals surface area contributed by atoms with Gasteiger partial charge in [-0.25, -0.2) is 5.01 Å². The van der Waals surface area contributed by atoms with Gasteiger partial charge in [0.15, 0.2) is 0 Å². The highest BCUT2D eigenvalue weighted by Gasteiger charge is 2.27. The van der Waals surface area contributed by atoms with E-state index in [1.807, 2.05) is 54.2 Å². The molecule has 1 aliphatic heterocycles. The number of pyridine rings is 1. The van der Waals surface area contributed by atoms with Crippen LogP contribution in [0.5, 0.6) is 0 Å². The standard InChI is InChI=1S/C30H38N6O2.3ClH/c1-22(2)32-15-16-33-29(37)20-35(28-17-25(10-9-23(28)3)24-11-13-31-14-12-24)21-30(38)34(4)36-18-26-7-5-6-8-27(26)19-36;;;/h5-14,17,22,32H,15-16,18-21H2,1-4H3,(H,33,37);3*1H. The molecular weight excluding hydrogens is 583 g/mol. The van der Waals surface area contributed by atoms with Crippen LogP contribution in [0.15, 0.2) is 67.0 Å². The minimum atomic E-state index is -0.117. The van der Waals surface area contributed by atoms with Crippen molar-refractivity contribution in [1.82, 2.24) is 25.6 Å². The molecule has 0 aliphatic carbocycles. The largest absolute Gasteiger partial charge is 0.353 e. The van der Waals surface area contributed by atoms with Crippen molar-refractivity contribution >= 4 is 54.7 Å². The van der Waals surface area contributed by atoms with Crippen molar-refractivity contribution in [3.05, 3.63) is 83.7 Å². The second-order valence-corrected chi connectivity index (χ2v) is 10.1. The molecule has 0 bridgehead atoms. The summed E-state index contributed by atoms with van der Waals surface area (Å²) in [4.78, 5) is 32.5. The maximum atomic E-state index is 13.5. The van der Waals surface area contributed by atoms with E-state index in [2.05, 4.69) is 53.7 Å². The fourth-order valence-corrected chi connectivity index (χ4v) is 4.64. The number of hydrazine groups is 1. The minimum absolute atomic E-state index is 0. The molecule has 2 amide bonds. The summed E-state index contributed by atoms with van der Waals surface area (Å²) in [6, 6.07) is 18.7. The minimum Gasteiger partial charge on any atom is -0.353 e. The molecule has 224 valence electrons. The number of aryl methyl sites for hydroxylation is 1. The molecule has 0 radical (unpaired) electrons. The monoisotopic (exact) mass is 622 g/mol. The molecule has 0 saturated carbocycles. The van der Waals surface area contributed by atoms with Crippen LogP contribution in [0.3, 0.4) is 0 Å². The molecular formula is C30H41Cl3N6O2. The van der Waals surface area contributed by atoms with Crippen LogP contribution in [0.4, 0.5) is 5.69 Å². The van der Waals surface area contributed by atoms with Crippen LogP contribution in [0.25, 0.3) is 11.1 Å². The van der Waals surface area contributed by atoms with Gasteiger partial charge in [0.1, 0.15) is 0 Å². The molecule has 8 nitrogen and oxygen atoms in total. The lowest BCUT2D eigenvalue weighted by Gasteiger charge is -2.32. The molecule has 1 aromatic heterocycles. The third-order valence-corrected chi connectivity index (χ3v) is 6.83. The summed E-state index contributed by atoms with van der Waals surface area (Å²) in [5.74, 6) is -0.186. The van der Waals surface area contributed by atoms with Gasteiger partial charge in [-0.15, -0.1) is 37.2 Å². The summed E-state index contributed by atoms with van der Waals surface area (Å²) in [5.41, 5.74) is 6.37. The molecule has 0 fully saturated rings. The molecule has 2 aromatic carbocycles. The number of nitrogens with one attached hydrogen (secondary N) is 2. The predicted molar refractivity (Wildman–Crippen MR) is 173 cm³/mol. The van der Waals surface area contributed by atoms with E-state index in [1.54, 1.807) is 17.4 Å². The Hall–Kier alpha value is -2.88. The van der Waals surface area contributed by atoms with Gasteiger partial charge >= 0.3 is 0 Å². The van der Waals surface area contributed by atoms with Crippen molar-refractivity contribution in [2.24, 2.45) is 0 Å². The average molecular weight is 624 g/mol. The number of fused-ring (bicyclic) bond motifs is 1. The number of amides is 2. The highest BCUT2D eigenvalue weighted by Crippen LogP contribution is 2.28. The molecule has 41 heavy (non-hydrogen) atoms. The van der Waals surface area contributed by atoms with Gasteiger partial charge in [-0.2, -0.15) is 0 Å². The zero-order valence-electron chi connectivity index (χ0n) is 24.0. The van der Waals surface area contributed by atoms with Gasteiger partial charge in [-0.05, 0) is 52.9 Å². The van der Waals surface area contributed by atoms with Crippen molar-refractivity contribution < 1.29 is 9.59 Å². The van der Waals surface area contributed by atoms with E-state index in [0.29, 0.717) is 32.2 Å². The van der Waals surface area contributed by atoms with Crippen LogP contribution in [0.2, 0.25) is 0 Å². The van der Waals surface area contributed by atoms with Crippen LogP contribution < -0.4 is 15.5 Å². The topological polar surface area (TPSA) is 80.8 Å². The first-order chi connectivity index (χ1) is 18.3. The Morgan fingerprint density at radius 2 is 1.54 bits per heavy atom. The van der Waals surface area contributed by atoms with Crippen LogP contribution in [0, 0.1) is 6.92 Å². The molecule has 3 aromatic rings. The number of benzene rings is 2. The number of hydrogen-bond donors (Lipinski definition) is 2. The molecule has 0 saturated heterocycles. The van der Waals surface area contributed by atoms with Crippen LogP contribution >= 0.6 is 37.2 Å². The maximum Gasteiger partial charge on any atom is 0.256 e. The summed E-state index contributed by atoms with van der Waals surface area (Å²) in [5, 5.41) is 10.0. The first kappa shape index (κ1) is 36.1. The lowest BCUT2D eigenvalue weighted by Crippen LogP contribution is -2.48. The molecule has 4 rings (SSSR count). The summed E-state index contributed by atoms with van der Waals surface area (Å²) >= 11 is 0. The maximum absolute atomic E-state index is 13.5. The van der Waals surface area contributed by atoms with Crippen molar-refractivity contribution in [2.45, 2.75) is 39.9 Å². The molecule has 0 spiro atoms. The first-order valence-corrected chi connectivity index (χ1v) is 13.2. The summed E-state index contributed by atoms with van der Waals surface area (Å²) in [6.07, 6.45) is 3.52. The zero-order chi connectivity index (χ0) is 27.1. The van der Waals surface area contributed by atoms with E-state index in [9.17, 15) is 9.59 Å². The average Bonchev–Trinajstić information content (AvgIpc) is 3.35. The van der Waals surface area contributed by atoms with Crippen molar-refractivity contribution in [3.8, 4) is 11.1 Å². The van der Waals surface area contributed by atoms with Gasteiger partial charge in [0, 0.05) is 57.3 Å². The second kappa shape index (κ2) is 17.2. The van der Waals surface area contributed by atoms with Gasteiger partial charge in [0.05, 0.1) is 13.1 Å². The van der Waals surface area contributed by atoms with Gasteiger partial charge in [-0.3, -0.25) is 19.6 Å². The second-order valence-electron chi connectivity index (χ2n) is 10.1. The predicted octanol–water partition coefficient (Wildman–Crippen LogP) is 4.63. The third kappa shape index (κ3) is 9.87. The normalized spacial score (nSPS) is 11.9. The fourth-order valence-electron chi connectivity index (χ4n) is 4.64. The van der Waals surface area contributed by atoms with Crippen molar-refractivity contribution in [2.75, 3.05) is 38.1 Å². The number of aromatic nitrogens is 1. The van der Waals surface area contributed by atoms with Crippen LogP contribution in [0.1, 0.15) is 30.5 Å². The van der Waals surface area contributed by atoms with Crippen LogP contribution in [-0.2, 0) is 22.7 Å². The highest BCUT2D eigenvalue weighted by molar-refractivity contribution is 5.87. The number of hydrogen-bond acceptors (Lipinski definition) is 6. The first-order valence-electron chi connectivity index (χ1n) is 13.2. The zero-order valence-corrected chi connectivity index (χ0v) is 26.5. The Kier molecular flexibility index (Phi) is 15.1. The van der Waals surface area contributed by atoms with Gasteiger partial charge in [0.25, 0.3) is 5.91 Å². The van der Waals surface area contributed by atoms with Gasteiger partial charge in [0.2, 0.25) is 5.91 Å². The smallest absolute Gasteiger partial charge is 0.256 e. The van der Waals surface area contributed by atoms with E-state index < -0.39 is 0 Å². The number of anilines is 1. The number of halogens is 3. The van der Waals surface area contributed by atoms with Gasteiger partial charge in [-0.1, -0.05) is 50.2 Å². The van der Waals surface area contributed by atoms with E-state index in [0.717, 1.165) is 22.4 Å². The van der Waals surface area contributed by atoms with E-state index in [-0.39, 0.29) is 62.1 Å². The Morgan fingerprint density at radius 3 is 2.15 bits per heavy atom. The third-order valence-electron chi connectivity index (χ3n) is 6.83. The van der Waals surface area contributed by atoms with Crippen LogP contribution in [-0.4, -0.2) is 66.1 Å². The summed E-state index contributed by atoms with van der Waals surface area (Å²) < 4.78 is 0. The summed E-state index contributed by atoms with van der Waals surface area (Å²) in [7, 11) is 1.81.